The third kappa shape index (κ3) is 4.53. The first kappa shape index (κ1) is 27.0. The smallest absolute Gasteiger partial charge is 0.471 e. The molecule has 5 unspecified atom stereocenters. The van der Waals surface area contributed by atoms with E-state index in [1.54, 1.807) is 12.2 Å². The van der Waals surface area contributed by atoms with E-state index < -0.39 is 65.8 Å². The lowest BCUT2D eigenvalue weighted by molar-refractivity contribution is -0.246. The van der Waals surface area contributed by atoms with Crippen molar-refractivity contribution in [3.63, 3.8) is 0 Å². The van der Waals surface area contributed by atoms with Crippen LogP contribution >= 0.6 is 0 Å². The first-order chi connectivity index (χ1) is 18.3. The van der Waals surface area contributed by atoms with Crippen LogP contribution in [0.4, 0.5) is 13.2 Å². The number of pyridine rings is 1. The van der Waals surface area contributed by atoms with E-state index in [1.807, 2.05) is 0 Å². The number of amides is 1. The van der Waals surface area contributed by atoms with Gasteiger partial charge in [-0.15, -0.1) is 0 Å². The zero-order valence-corrected chi connectivity index (χ0v) is 20.8. The number of hydrogen-bond donors (Lipinski definition) is 4. The summed E-state index contributed by atoms with van der Waals surface area (Å²) in [6.07, 6.45) is -7.74. The van der Waals surface area contributed by atoms with Gasteiger partial charge in [0.05, 0.1) is 34.9 Å². The molecule has 1 aromatic carbocycles. The summed E-state index contributed by atoms with van der Waals surface area (Å²) >= 11 is 0. The number of phenolic OH excluding ortho intramolecular Hbond substituents is 2. The number of alkyl halides is 3. The van der Waals surface area contributed by atoms with Crippen molar-refractivity contribution in [2.24, 2.45) is 0 Å². The number of carbonyl (C=O) groups excluding carboxylic acids is 3. The summed E-state index contributed by atoms with van der Waals surface area (Å²) in [5.41, 5.74) is 0.00497. The van der Waals surface area contributed by atoms with Crippen molar-refractivity contribution in [3.8, 4) is 11.5 Å². The van der Waals surface area contributed by atoms with E-state index in [-0.39, 0.29) is 52.8 Å². The predicted octanol–water partition coefficient (Wildman–Crippen LogP) is 2.51. The Balaban J connectivity index is 1.49. The summed E-state index contributed by atoms with van der Waals surface area (Å²) in [5, 5.41) is 34.5. The van der Waals surface area contributed by atoms with Gasteiger partial charge in [-0.1, -0.05) is 0 Å². The number of carbonyl (C=O) groups is 3. The van der Waals surface area contributed by atoms with Crippen LogP contribution in [0.5, 0.6) is 11.5 Å². The van der Waals surface area contributed by atoms with Gasteiger partial charge in [0.2, 0.25) is 5.78 Å². The number of aromatic hydroxyl groups is 2. The van der Waals surface area contributed by atoms with Gasteiger partial charge in [-0.05, 0) is 44.7 Å². The van der Waals surface area contributed by atoms with Gasteiger partial charge in [0.1, 0.15) is 23.3 Å². The largest absolute Gasteiger partial charge is 0.507 e. The Labute approximate surface area is 219 Å². The van der Waals surface area contributed by atoms with Gasteiger partial charge in [0.25, 0.3) is 0 Å². The molecule has 208 valence electrons. The molecule has 1 saturated heterocycles. The zero-order chi connectivity index (χ0) is 28.4. The van der Waals surface area contributed by atoms with Gasteiger partial charge in [-0.25, -0.2) is 0 Å². The van der Waals surface area contributed by atoms with Crippen LogP contribution in [0.1, 0.15) is 81.0 Å². The van der Waals surface area contributed by atoms with E-state index in [0.717, 1.165) is 0 Å². The van der Waals surface area contributed by atoms with E-state index in [2.05, 4.69) is 4.98 Å². The summed E-state index contributed by atoms with van der Waals surface area (Å²) in [5.74, 6) is -4.64. The highest BCUT2D eigenvalue weighted by atomic mass is 19.4. The monoisotopic (exact) mass is 550 g/mol. The number of nitrogens with one attached hydrogen (secondary N) is 1. The Hall–Kier alpha value is -3.55. The standard InChI is InChI=1S/C26H25F3N2O8/c1-9-6-12-19(30-8-9)24(36)18-17(22(12)34)23(35)16-11(21(18)33)4-3-5-14(16)39-15-7-13(20(32)10(2)38-15)31-25(37)26(27,28)29/h6,8,10,13-15,20,32-33,35H,3-5,7H2,1-2H3,(H,31,37). The third-order valence-electron chi connectivity index (χ3n) is 7.34. The number of rotatable bonds is 3. The Morgan fingerprint density at radius 3 is 2.56 bits per heavy atom. The molecule has 1 aromatic heterocycles. The molecule has 1 amide bonds. The Kier molecular flexibility index (Phi) is 6.64. The molecule has 4 N–H and O–H groups in total. The summed E-state index contributed by atoms with van der Waals surface area (Å²) in [4.78, 5) is 42.1. The second-order valence-corrected chi connectivity index (χ2v) is 10.00. The quantitative estimate of drug-likeness (QED) is 0.360. The lowest BCUT2D eigenvalue weighted by Gasteiger charge is -2.40. The molecule has 2 aromatic rings. The molecule has 5 atom stereocenters. The fraction of sp³-hybridized carbons (Fsp3) is 0.462. The molecule has 5 rings (SSSR count). The second-order valence-electron chi connectivity index (χ2n) is 10.00. The minimum Gasteiger partial charge on any atom is -0.507 e. The molecule has 3 aliphatic rings. The van der Waals surface area contributed by atoms with Crippen molar-refractivity contribution in [1.82, 2.24) is 10.3 Å². The van der Waals surface area contributed by atoms with Gasteiger partial charge in [-0.3, -0.25) is 19.4 Å². The van der Waals surface area contributed by atoms with Gasteiger partial charge in [0.15, 0.2) is 12.1 Å². The number of ketones is 2. The number of fused-ring (bicyclic) bond motifs is 3. The van der Waals surface area contributed by atoms with Crippen LogP contribution in [0.2, 0.25) is 0 Å². The van der Waals surface area contributed by atoms with Gasteiger partial charge in [-0.2, -0.15) is 13.2 Å². The Bertz CT molecular complexity index is 1390. The third-order valence-corrected chi connectivity index (χ3v) is 7.34. The number of aliphatic hydroxyl groups is 1. The molecule has 2 aliphatic carbocycles. The van der Waals surface area contributed by atoms with E-state index in [0.29, 0.717) is 12.0 Å². The molecule has 39 heavy (non-hydrogen) atoms. The van der Waals surface area contributed by atoms with Crippen LogP contribution in [0.3, 0.4) is 0 Å². The number of hydrogen-bond acceptors (Lipinski definition) is 9. The summed E-state index contributed by atoms with van der Waals surface area (Å²) in [6.45, 7) is 3.08. The van der Waals surface area contributed by atoms with E-state index in [9.17, 15) is 42.9 Å². The minimum atomic E-state index is -5.15. The van der Waals surface area contributed by atoms with Crippen LogP contribution in [0.25, 0.3) is 0 Å². The SMILES string of the molecule is Cc1cnc2c(c1)C(=O)c1c(O)c3c(c(O)c1C2=O)CCCC3OC1CC(NC(=O)C(F)(F)F)C(O)C(C)O1. The van der Waals surface area contributed by atoms with Crippen LogP contribution in [0, 0.1) is 6.92 Å². The molecule has 0 saturated carbocycles. The second kappa shape index (κ2) is 9.57. The molecular formula is C26H25F3N2O8. The first-order valence-corrected chi connectivity index (χ1v) is 12.3. The maximum absolute atomic E-state index is 13.4. The van der Waals surface area contributed by atoms with E-state index in [1.165, 1.54) is 19.2 Å². The van der Waals surface area contributed by atoms with Gasteiger partial charge < -0.3 is 30.1 Å². The van der Waals surface area contributed by atoms with Crippen molar-refractivity contribution in [3.05, 3.63) is 51.3 Å². The number of phenols is 2. The number of ether oxygens (including phenoxy) is 2. The maximum atomic E-state index is 13.4. The van der Waals surface area contributed by atoms with Crippen LogP contribution in [-0.2, 0) is 20.7 Å². The Morgan fingerprint density at radius 2 is 1.87 bits per heavy atom. The highest BCUT2D eigenvalue weighted by molar-refractivity contribution is 6.29. The summed E-state index contributed by atoms with van der Waals surface area (Å²) < 4.78 is 50.0. The highest BCUT2D eigenvalue weighted by Gasteiger charge is 2.46. The molecular weight excluding hydrogens is 525 g/mol. The minimum absolute atomic E-state index is 0.0166. The fourth-order valence-corrected chi connectivity index (χ4v) is 5.47. The Morgan fingerprint density at radius 1 is 1.18 bits per heavy atom. The molecule has 1 aliphatic heterocycles. The fourth-order valence-electron chi connectivity index (χ4n) is 5.47. The summed E-state index contributed by atoms with van der Waals surface area (Å²) in [6, 6.07) is 0.126. The number of aryl methyl sites for hydroxylation is 1. The van der Waals surface area contributed by atoms with Crippen molar-refractivity contribution >= 4 is 17.5 Å². The number of benzene rings is 1. The van der Waals surface area contributed by atoms with Gasteiger partial charge in [0, 0.05) is 23.7 Å². The summed E-state index contributed by atoms with van der Waals surface area (Å²) in [7, 11) is 0. The van der Waals surface area contributed by atoms with Crippen LogP contribution in [-0.4, -0.2) is 68.5 Å². The van der Waals surface area contributed by atoms with Crippen molar-refractivity contribution in [2.75, 3.05) is 0 Å². The first-order valence-electron chi connectivity index (χ1n) is 12.3. The molecule has 1 fully saturated rings. The lowest BCUT2D eigenvalue weighted by atomic mass is 9.78. The van der Waals surface area contributed by atoms with Gasteiger partial charge >= 0.3 is 12.1 Å². The normalized spacial score (nSPS) is 26.5. The average Bonchev–Trinajstić information content (AvgIpc) is 2.86. The number of nitrogens with zero attached hydrogens (tertiary/aromatic N) is 1. The van der Waals surface area contributed by atoms with Crippen LogP contribution in [0.15, 0.2) is 12.3 Å². The lowest BCUT2D eigenvalue weighted by Crippen LogP contribution is -2.57. The van der Waals surface area contributed by atoms with Crippen LogP contribution < -0.4 is 5.32 Å². The van der Waals surface area contributed by atoms with Crippen molar-refractivity contribution in [1.29, 1.82) is 0 Å². The van der Waals surface area contributed by atoms with E-state index in [4.69, 9.17) is 9.47 Å². The molecule has 2 heterocycles. The maximum Gasteiger partial charge on any atom is 0.471 e. The highest BCUT2D eigenvalue weighted by Crippen LogP contribution is 2.49. The zero-order valence-electron chi connectivity index (χ0n) is 20.8. The van der Waals surface area contributed by atoms with E-state index >= 15 is 0 Å². The number of halogens is 3. The molecule has 13 heteroatoms. The van der Waals surface area contributed by atoms with Crippen molar-refractivity contribution in [2.45, 2.75) is 76.4 Å². The molecule has 0 spiro atoms. The topological polar surface area (TPSA) is 155 Å². The predicted molar refractivity (Wildman–Crippen MR) is 125 cm³/mol. The molecule has 0 bridgehead atoms. The molecule has 0 radical (unpaired) electrons. The number of aliphatic hydroxyl groups excluding tert-OH is 1. The average molecular weight is 550 g/mol. The molecule has 10 nitrogen and oxygen atoms in total. The van der Waals surface area contributed by atoms with Crippen molar-refractivity contribution < 1.29 is 52.3 Å². The number of aromatic nitrogens is 1.